The average molecular weight is 356 g/mol. The van der Waals surface area contributed by atoms with Gasteiger partial charge >= 0.3 is 0 Å². The van der Waals surface area contributed by atoms with E-state index in [0.29, 0.717) is 25.2 Å². The molecule has 0 bridgehead atoms. The number of benzene rings is 1. The molecule has 1 aromatic carbocycles. The lowest BCUT2D eigenvalue weighted by molar-refractivity contribution is 0.155. The van der Waals surface area contributed by atoms with Crippen molar-refractivity contribution in [1.29, 1.82) is 0 Å². The first kappa shape index (κ1) is 17.6. The molecule has 1 aliphatic carbocycles. The third kappa shape index (κ3) is 3.97. The van der Waals surface area contributed by atoms with Crippen molar-refractivity contribution in [2.45, 2.75) is 46.3 Å². The fourth-order valence-electron chi connectivity index (χ4n) is 3.71. The Balaban J connectivity index is 1.53. The largest absolute Gasteiger partial charge is 0.495 e. The normalized spacial score (nSPS) is 27.2. The molecular weight excluding hydrogens is 328 g/mol. The molecule has 0 radical (unpaired) electrons. The summed E-state index contributed by atoms with van der Waals surface area (Å²) >= 11 is 0. The van der Waals surface area contributed by atoms with Gasteiger partial charge < -0.3 is 18.9 Å². The second kappa shape index (κ2) is 7.09. The summed E-state index contributed by atoms with van der Waals surface area (Å²) in [4.78, 5) is 0. The van der Waals surface area contributed by atoms with Crippen molar-refractivity contribution in [3.05, 3.63) is 46.2 Å². The van der Waals surface area contributed by atoms with Crippen molar-refractivity contribution in [1.82, 2.24) is 0 Å². The molecule has 2 saturated heterocycles. The molecule has 0 N–H and O–H groups in total. The number of ether oxygens (including phenoxy) is 4. The fraction of sp³-hybridized carbons (Fsp3) is 0.545. The molecule has 2 aliphatic heterocycles. The summed E-state index contributed by atoms with van der Waals surface area (Å²) in [6.45, 7) is 11.6. The lowest BCUT2D eigenvalue weighted by atomic mass is 9.85. The SMILES string of the molecule is CC1=C(OCC2CO2)C(C)CC(c2cc(C)c(OCC3CO3)c(C)c2)=C1. The monoisotopic (exact) mass is 356 g/mol. The highest BCUT2D eigenvalue weighted by atomic mass is 16.6. The van der Waals surface area contributed by atoms with Gasteiger partial charge in [0.25, 0.3) is 0 Å². The number of rotatable bonds is 7. The van der Waals surface area contributed by atoms with Gasteiger partial charge in [-0.1, -0.05) is 13.0 Å². The lowest BCUT2D eigenvalue weighted by Gasteiger charge is -2.25. The molecule has 0 amide bonds. The Morgan fingerprint density at radius 1 is 0.962 bits per heavy atom. The molecule has 140 valence electrons. The molecule has 4 rings (SSSR count). The first-order valence-corrected chi connectivity index (χ1v) is 9.53. The van der Waals surface area contributed by atoms with Crippen LogP contribution >= 0.6 is 0 Å². The molecule has 0 spiro atoms. The van der Waals surface area contributed by atoms with Crippen molar-refractivity contribution in [2.75, 3.05) is 26.4 Å². The Bertz CT molecular complexity index is 730. The highest BCUT2D eigenvalue weighted by molar-refractivity contribution is 5.72. The topological polar surface area (TPSA) is 43.5 Å². The Hall–Kier alpha value is -1.78. The first-order valence-electron chi connectivity index (χ1n) is 9.53. The molecule has 4 nitrogen and oxygen atoms in total. The standard InChI is InChI=1S/C22H28O4/c1-13-5-17(6-14(2)21(13)25-11-19-9-23-19)18-7-15(3)22(16(4)8-18)26-12-20-10-24-20/h5-7,16,19-20H,8-12H2,1-4H3. The first-order chi connectivity index (χ1) is 12.5. The summed E-state index contributed by atoms with van der Waals surface area (Å²) in [6.07, 6.45) is 3.85. The van der Waals surface area contributed by atoms with E-state index in [2.05, 4.69) is 45.9 Å². The highest BCUT2D eigenvalue weighted by Gasteiger charge is 2.27. The van der Waals surface area contributed by atoms with E-state index in [4.69, 9.17) is 18.9 Å². The summed E-state index contributed by atoms with van der Waals surface area (Å²) in [5, 5.41) is 0. The van der Waals surface area contributed by atoms with Crippen LogP contribution in [-0.2, 0) is 14.2 Å². The quantitative estimate of drug-likeness (QED) is 0.687. The van der Waals surface area contributed by atoms with Gasteiger partial charge in [-0.2, -0.15) is 0 Å². The van der Waals surface area contributed by atoms with E-state index < -0.39 is 0 Å². The number of hydrogen-bond donors (Lipinski definition) is 0. The minimum absolute atomic E-state index is 0.280. The summed E-state index contributed by atoms with van der Waals surface area (Å²) in [5.41, 5.74) is 6.24. The third-order valence-corrected chi connectivity index (χ3v) is 5.23. The van der Waals surface area contributed by atoms with Crippen LogP contribution in [0.5, 0.6) is 5.75 Å². The maximum atomic E-state index is 6.02. The lowest BCUT2D eigenvalue weighted by Crippen LogP contribution is -2.14. The van der Waals surface area contributed by atoms with Crippen molar-refractivity contribution in [2.24, 2.45) is 5.92 Å². The number of hydrogen-bond acceptors (Lipinski definition) is 4. The van der Waals surface area contributed by atoms with Crippen molar-refractivity contribution >= 4 is 5.57 Å². The maximum Gasteiger partial charge on any atom is 0.125 e. The molecule has 3 aliphatic rings. The van der Waals surface area contributed by atoms with E-state index in [1.54, 1.807) is 0 Å². The highest BCUT2D eigenvalue weighted by Crippen LogP contribution is 2.37. The Labute approximate surface area is 155 Å². The van der Waals surface area contributed by atoms with Gasteiger partial charge in [-0.15, -0.1) is 0 Å². The molecule has 3 atom stereocenters. The van der Waals surface area contributed by atoms with Crippen LogP contribution in [0.25, 0.3) is 5.57 Å². The van der Waals surface area contributed by atoms with E-state index in [9.17, 15) is 0 Å². The van der Waals surface area contributed by atoms with Crippen molar-refractivity contribution in [3.63, 3.8) is 0 Å². The molecule has 0 saturated carbocycles. The second-order valence-corrected chi connectivity index (χ2v) is 7.79. The van der Waals surface area contributed by atoms with Crippen LogP contribution in [0.2, 0.25) is 0 Å². The van der Waals surface area contributed by atoms with Gasteiger partial charge in [0.2, 0.25) is 0 Å². The number of aryl methyl sites for hydroxylation is 2. The van der Waals surface area contributed by atoms with Crippen LogP contribution in [0.1, 0.15) is 37.0 Å². The molecule has 2 fully saturated rings. The van der Waals surface area contributed by atoms with Gasteiger partial charge in [0, 0.05) is 5.92 Å². The van der Waals surface area contributed by atoms with Gasteiger partial charge in [-0.05, 0) is 67.2 Å². The molecule has 1 aromatic rings. The molecule has 26 heavy (non-hydrogen) atoms. The average Bonchev–Trinajstić information content (AvgIpc) is 3.47. The molecule has 0 aromatic heterocycles. The number of allylic oxidation sites excluding steroid dienone is 4. The third-order valence-electron chi connectivity index (χ3n) is 5.23. The van der Waals surface area contributed by atoms with Gasteiger partial charge in [0.05, 0.1) is 13.2 Å². The zero-order chi connectivity index (χ0) is 18.3. The summed E-state index contributed by atoms with van der Waals surface area (Å²) < 4.78 is 22.5. The van der Waals surface area contributed by atoms with E-state index in [1.807, 2.05) is 0 Å². The predicted octanol–water partition coefficient (Wildman–Crippen LogP) is 4.19. The van der Waals surface area contributed by atoms with Gasteiger partial charge in [-0.3, -0.25) is 0 Å². The summed E-state index contributed by atoms with van der Waals surface area (Å²) in [6, 6.07) is 4.48. The predicted molar refractivity (Wildman–Crippen MR) is 101 cm³/mol. The zero-order valence-electron chi connectivity index (χ0n) is 16.1. The van der Waals surface area contributed by atoms with Gasteiger partial charge in [-0.25, -0.2) is 0 Å². The Morgan fingerprint density at radius 2 is 1.54 bits per heavy atom. The maximum absolute atomic E-state index is 6.02. The molecule has 2 heterocycles. The van der Waals surface area contributed by atoms with Crippen LogP contribution in [0.3, 0.4) is 0 Å². The van der Waals surface area contributed by atoms with Gasteiger partial charge in [0.15, 0.2) is 0 Å². The molecule has 3 unspecified atom stereocenters. The van der Waals surface area contributed by atoms with E-state index in [0.717, 1.165) is 31.1 Å². The van der Waals surface area contributed by atoms with Crippen LogP contribution in [0.15, 0.2) is 29.5 Å². The molecular formula is C22H28O4. The number of epoxide rings is 2. The van der Waals surface area contributed by atoms with E-state index >= 15 is 0 Å². The summed E-state index contributed by atoms with van der Waals surface area (Å²) in [7, 11) is 0. The minimum Gasteiger partial charge on any atom is -0.495 e. The van der Waals surface area contributed by atoms with Crippen molar-refractivity contribution < 1.29 is 18.9 Å². The van der Waals surface area contributed by atoms with Crippen LogP contribution < -0.4 is 4.74 Å². The Morgan fingerprint density at radius 3 is 2.08 bits per heavy atom. The van der Waals surface area contributed by atoms with Crippen LogP contribution in [-0.4, -0.2) is 38.6 Å². The summed E-state index contributed by atoms with van der Waals surface area (Å²) in [5.74, 6) is 2.49. The van der Waals surface area contributed by atoms with Gasteiger partial charge in [0.1, 0.15) is 36.9 Å². The molecule has 4 heteroatoms. The minimum atomic E-state index is 0.280. The smallest absolute Gasteiger partial charge is 0.125 e. The van der Waals surface area contributed by atoms with Crippen LogP contribution in [0, 0.1) is 19.8 Å². The Kier molecular flexibility index (Phi) is 4.80. The van der Waals surface area contributed by atoms with E-state index in [1.165, 1.54) is 27.8 Å². The van der Waals surface area contributed by atoms with E-state index in [-0.39, 0.29) is 6.10 Å². The second-order valence-electron chi connectivity index (χ2n) is 7.79. The fourth-order valence-corrected chi connectivity index (χ4v) is 3.71. The zero-order valence-corrected chi connectivity index (χ0v) is 16.1. The van der Waals surface area contributed by atoms with Crippen LogP contribution in [0.4, 0.5) is 0 Å². The van der Waals surface area contributed by atoms with Crippen molar-refractivity contribution in [3.8, 4) is 5.75 Å².